The summed E-state index contributed by atoms with van der Waals surface area (Å²) in [4.78, 5) is 35.4. The lowest BCUT2D eigenvalue weighted by atomic mass is 9.95. The minimum atomic E-state index is -0.732. The molecule has 4 aromatic rings. The molecule has 8 rings (SSSR count). The molecule has 15 heteroatoms. The quantitative estimate of drug-likeness (QED) is 0.136. The van der Waals surface area contributed by atoms with E-state index in [0.717, 1.165) is 63.0 Å². The van der Waals surface area contributed by atoms with Crippen LogP contribution in [0.5, 0.6) is 6.01 Å². The Bertz CT molecular complexity index is 2210. The van der Waals surface area contributed by atoms with Gasteiger partial charge in [0.05, 0.1) is 39.2 Å². The number of carbonyl (C=O) groups excluding carboxylic acids is 1. The Morgan fingerprint density at radius 1 is 1.17 bits per heavy atom. The van der Waals surface area contributed by atoms with Crippen LogP contribution >= 0.6 is 22.9 Å². The smallest absolute Gasteiger partial charge is 0.410 e. The highest BCUT2D eigenvalue weighted by molar-refractivity contribution is 7.23. The fourth-order valence-corrected chi connectivity index (χ4v) is 10.1. The average molecular weight is 777 g/mol. The van der Waals surface area contributed by atoms with Crippen molar-refractivity contribution in [3.8, 4) is 23.2 Å². The maximum atomic E-state index is 17.4. The van der Waals surface area contributed by atoms with Crippen LogP contribution in [-0.4, -0.2) is 107 Å². The van der Waals surface area contributed by atoms with Gasteiger partial charge in [0.15, 0.2) is 5.82 Å². The van der Waals surface area contributed by atoms with Crippen molar-refractivity contribution in [3.05, 3.63) is 40.4 Å². The first-order valence-electron chi connectivity index (χ1n) is 18.5. The van der Waals surface area contributed by atoms with E-state index >= 15 is 8.78 Å². The van der Waals surface area contributed by atoms with Crippen LogP contribution in [0, 0.1) is 23.0 Å². The molecule has 284 valence electrons. The summed E-state index contributed by atoms with van der Waals surface area (Å²) >= 11 is 8.03. The van der Waals surface area contributed by atoms with Crippen LogP contribution in [0.25, 0.3) is 32.1 Å². The molecule has 0 N–H and O–H groups in total. The maximum Gasteiger partial charge on any atom is 0.410 e. The molecule has 2 aromatic carbocycles. The van der Waals surface area contributed by atoms with Gasteiger partial charge in [-0.15, -0.1) is 11.3 Å². The van der Waals surface area contributed by atoms with Gasteiger partial charge in [-0.3, -0.25) is 9.80 Å². The number of nitriles is 1. The van der Waals surface area contributed by atoms with Gasteiger partial charge in [-0.25, -0.2) is 18.6 Å². The van der Waals surface area contributed by atoms with Gasteiger partial charge in [0.2, 0.25) is 0 Å². The first-order valence-corrected chi connectivity index (χ1v) is 19.7. The van der Waals surface area contributed by atoms with E-state index in [2.05, 4.69) is 20.9 Å². The van der Waals surface area contributed by atoms with Crippen molar-refractivity contribution in [1.82, 2.24) is 24.7 Å². The van der Waals surface area contributed by atoms with Gasteiger partial charge in [-0.1, -0.05) is 17.7 Å². The standard InChI is InChI=1S/C39H43ClF2N8O3S/c1-38(2,3)53-37(51)50-22-8-9-23(50)19-48(18-22)34-25-16-27(40)30(24-10-11-28(41)33-29(24)26(17-43)35(54-33)44-21-47(4)5)31(42)32(25)45-36(46-34)52-20-39-12-6-14-49(39)15-7-13-39/h10-11,16,21-23H,6-9,12-15,18-20H2,1-5H3/t22-,23+. The molecule has 6 heterocycles. The summed E-state index contributed by atoms with van der Waals surface area (Å²) in [5.74, 6) is -0.816. The lowest BCUT2D eigenvalue weighted by Crippen LogP contribution is -2.57. The summed E-state index contributed by atoms with van der Waals surface area (Å²) in [6.07, 6.45) is 7.00. The molecular weight excluding hydrogens is 734 g/mol. The minimum Gasteiger partial charge on any atom is -0.461 e. The van der Waals surface area contributed by atoms with Crippen molar-refractivity contribution in [1.29, 1.82) is 5.26 Å². The molecule has 0 spiro atoms. The van der Waals surface area contributed by atoms with Gasteiger partial charge >= 0.3 is 12.1 Å². The SMILES string of the molecule is CN(C)C=Nc1sc2c(F)ccc(-c3c(Cl)cc4c(N5C[C@H]6CC[C@@H](C5)N6C(=O)OC(C)(C)C)nc(OCC56CCCN5CCC6)nc4c3F)c2c1C#N. The largest absolute Gasteiger partial charge is 0.461 e. The van der Waals surface area contributed by atoms with Crippen molar-refractivity contribution in [3.63, 3.8) is 0 Å². The normalized spacial score (nSPS) is 21.0. The van der Waals surface area contributed by atoms with Gasteiger partial charge in [0, 0.05) is 43.5 Å². The van der Waals surface area contributed by atoms with Gasteiger partial charge in [0.25, 0.3) is 0 Å². The predicted octanol–water partition coefficient (Wildman–Crippen LogP) is 8.13. The Morgan fingerprint density at radius 3 is 2.52 bits per heavy atom. The van der Waals surface area contributed by atoms with E-state index in [1.54, 1.807) is 25.1 Å². The molecule has 4 aliphatic heterocycles. The number of piperazine rings is 1. The number of amides is 1. The van der Waals surface area contributed by atoms with Crippen LogP contribution in [-0.2, 0) is 4.74 Å². The average Bonchev–Trinajstić information content (AvgIpc) is 3.86. The Morgan fingerprint density at radius 2 is 1.87 bits per heavy atom. The molecule has 4 saturated heterocycles. The second kappa shape index (κ2) is 13.8. The van der Waals surface area contributed by atoms with Gasteiger partial charge in [0.1, 0.15) is 40.4 Å². The molecule has 1 amide bonds. The first-order chi connectivity index (χ1) is 25.8. The summed E-state index contributed by atoms with van der Waals surface area (Å²) in [7, 11) is 3.58. The number of rotatable bonds is 7. The molecule has 4 aliphatic rings. The zero-order valence-corrected chi connectivity index (χ0v) is 32.7. The second-order valence-electron chi connectivity index (χ2n) is 16.1. The topological polar surface area (TPSA) is 110 Å². The number of fused-ring (bicyclic) bond motifs is 5. The number of ether oxygens (including phenoxy) is 2. The number of hydrogen-bond acceptors (Lipinski definition) is 10. The lowest BCUT2D eigenvalue weighted by molar-refractivity contribution is 0.0122. The third kappa shape index (κ3) is 6.37. The van der Waals surface area contributed by atoms with E-state index in [1.165, 1.54) is 18.5 Å². The number of halogens is 3. The highest BCUT2D eigenvalue weighted by atomic mass is 35.5. The summed E-state index contributed by atoms with van der Waals surface area (Å²) in [6, 6.07) is 6.31. The summed E-state index contributed by atoms with van der Waals surface area (Å²) in [5, 5.41) is 11.3. The fourth-order valence-electron chi connectivity index (χ4n) is 8.79. The monoisotopic (exact) mass is 776 g/mol. The van der Waals surface area contributed by atoms with E-state index in [1.807, 2.05) is 25.7 Å². The zero-order chi connectivity index (χ0) is 38.1. The van der Waals surface area contributed by atoms with E-state index in [0.29, 0.717) is 35.9 Å². The predicted molar refractivity (Wildman–Crippen MR) is 207 cm³/mol. The Balaban J connectivity index is 1.25. The molecular formula is C39H43ClF2N8O3S. The molecule has 0 unspecified atom stereocenters. The number of aromatic nitrogens is 2. The molecule has 54 heavy (non-hydrogen) atoms. The van der Waals surface area contributed by atoms with Crippen molar-refractivity contribution in [2.45, 2.75) is 82.5 Å². The fraction of sp³-hybridized carbons (Fsp3) is 0.513. The number of hydrogen-bond donors (Lipinski definition) is 0. The van der Waals surface area contributed by atoms with E-state index in [9.17, 15) is 10.1 Å². The van der Waals surface area contributed by atoms with Crippen LogP contribution in [0.3, 0.4) is 0 Å². The van der Waals surface area contributed by atoms with E-state index in [4.69, 9.17) is 31.0 Å². The maximum absolute atomic E-state index is 17.4. The second-order valence-corrected chi connectivity index (χ2v) is 17.5. The molecule has 0 aliphatic carbocycles. The van der Waals surface area contributed by atoms with E-state index < -0.39 is 17.2 Å². The minimum absolute atomic E-state index is 0.000540. The summed E-state index contributed by atoms with van der Waals surface area (Å²) < 4.78 is 45.1. The third-order valence-corrected chi connectivity index (χ3v) is 12.5. The van der Waals surface area contributed by atoms with Crippen LogP contribution in [0.2, 0.25) is 5.02 Å². The Labute approximate surface area is 322 Å². The van der Waals surface area contributed by atoms with Crippen molar-refractivity contribution in [2.24, 2.45) is 4.99 Å². The Hall–Kier alpha value is -4.32. The summed E-state index contributed by atoms with van der Waals surface area (Å²) in [5.41, 5.74) is -0.349. The highest BCUT2D eigenvalue weighted by Gasteiger charge is 2.46. The summed E-state index contributed by atoms with van der Waals surface area (Å²) in [6.45, 7) is 8.90. The number of carbonyl (C=O) groups is 1. The zero-order valence-electron chi connectivity index (χ0n) is 31.1. The Kier molecular flexibility index (Phi) is 9.34. The van der Waals surface area contributed by atoms with Gasteiger partial charge in [-0.2, -0.15) is 15.2 Å². The molecule has 2 aromatic heterocycles. The van der Waals surface area contributed by atoms with Crippen LogP contribution in [0.1, 0.15) is 64.9 Å². The van der Waals surface area contributed by atoms with Crippen molar-refractivity contribution < 1.29 is 23.0 Å². The first kappa shape index (κ1) is 36.6. The van der Waals surface area contributed by atoms with Gasteiger partial charge in [-0.05, 0) is 90.1 Å². The highest BCUT2D eigenvalue weighted by Crippen LogP contribution is 2.48. The van der Waals surface area contributed by atoms with Crippen molar-refractivity contribution >= 4 is 67.2 Å². The molecule has 2 bridgehead atoms. The van der Waals surface area contributed by atoms with Gasteiger partial charge < -0.3 is 19.3 Å². The number of nitrogens with zero attached hydrogens (tertiary/aromatic N) is 8. The molecule has 4 fully saturated rings. The molecule has 2 atom stereocenters. The molecule has 11 nitrogen and oxygen atoms in total. The molecule has 0 saturated carbocycles. The number of aliphatic imine (C=N–C) groups is 1. The van der Waals surface area contributed by atoms with Crippen molar-refractivity contribution in [2.75, 3.05) is 51.8 Å². The van der Waals surface area contributed by atoms with Crippen LogP contribution < -0.4 is 9.64 Å². The lowest BCUT2D eigenvalue weighted by Gasteiger charge is -2.42. The molecule has 0 radical (unpaired) electrons. The number of benzene rings is 2. The van der Waals surface area contributed by atoms with Crippen LogP contribution in [0.15, 0.2) is 23.2 Å². The number of thiophene rings is 1. The third-order valence-electron chi connectivity index (χ3n) is 11.1. The number of anilines is 1. The van der Waals surface area contributed by atoms with E-state index in [-0.39, 0.29) is 67.0 Å². The van der Waals surface area contributed by atoms with Crippen LogP contribution in [0.4, 0.5) is 24.4 Å².